The predicted octanol–water partition coefficient (Wildman–Crippen LogP) is 3.92. The summed E-state index contributed by atoms with van der Waals surface area (Å²) in [6.45, 7) is 3.08. The predicted molar refractivity (Wildman–Crippen MR) is 67.5 cm³/mol. The van der Waals surface area contributed by atoms with Crippen molar-refractivity contribution in [3.05, 3.63) is 52.2 Å². The third-order valence-corrected chi connectivity index (χ3v) is 3.13. The van der Waals surface area contributed by atoms with Gasteiger partial charge >= 0.3 is 0 Å². The minimum absolute atomic E-state index is 0.903. The van der Waals surface area contributed by atoms with Gasteiger partial charge in [-0.25, -0.2) is 0 Å². The molecule has 1 N–H and O–H groups in total. The lowest BCUT2D eigenvalue weighted by Gasteiger charge is -2.04. The van der Waals surface area contributed by atoms with Crippen molar-refractivity contribution in [2.75, 3.05) is 5.32 Å². The van der Waals surface area contributed by atoms with Crippen LogP contribution < -0.4 is 5.32 Å². The van der Waals surface area contributed by atoms with E-state index in [0.29, 0.717) is 0 Å². The van der Waals surface area contributed by atoms with Crippen LogP contribution in [0.3, 0.4) is 0 Å². The Bertz CT molecular complexity index is 389. The van der Waals surface area contributed by atoms with Gasteiger partial charge < -0.3 is 5.32 Å². The summed E-state index contributed by atoms with van der Waals surface area (Å²) in [4.78, 5) is 0. The van der Waals surface area contributed by atoms with Crippen molar-refractivity contribution in [3.8, 4) is 0 Å². The van der Waals surface area contributed by atoms with Crippen LogP contribution in [0.2, 0.25) is 0 Å². The Morgan fingerprint density at radius 2 is 1.80 bits per heavy atom. The Kier molecular flexibility index (Phi) is 3.41. The molecule has 2 heteroatoms. The molecule has 1 aromatic heterocycles. The standard InChI is InChI=1S/C13H15NS/c1-2-11-3-5-12(6-4-11)9-14-13-7-8-15-10-13/h3-8,10,14H,2,9H2,1H3. The van der Waals surface area contributed by atoms with Crippen LogP contribution in [0.25, 0.3) is 0 Å². The van der Waals surface area contributed by atoms with E-state index in [1.165, 1.54) is 16.8 Å². The number of rotatable bonds is 4. The van der Waals surface area contributed by atoms with Crippen LogP contribution in [-0.4, -0.2) is 0 Å². The van der Waals surface area contributed by atoms with Gasteiger partial charge in [0.15, 0.2) is 0 Å². The molecule has 0 spiro atoms. The van der Waals surface area contributed by atoms with Crippen molar-refractivity contribution in [2.24, 2.45) is 0 Å². The zero-order valence-corrected chi connectivity index (χ0v) is 9.68. The first-order chi connectivity index (χ1) is 7.38. The van der Waals surface area contributed by atoms with Gasteiger partial charge in [0.2, 0.25) is 0 Å². The smallest absolute Gasteiger partial charge is 0.0451 e. The van der Waals surface area contributed by atoms with E-state index in [0.717, 1.165) is 13.0 Å². The summed E-state index contributed by atoms with van der Waals surface area (Å²) in [5, 5.41) is 7.60. The van der Waals surface area contributed by atoms with Crippen molar-refractivity contribution in [1.82, 2.24) is 0 Å². The number of benzene rings is 1. The van der Waals surface area contributed by atoms with Crippen molar-refractivity contribution < 1.29 is 0 Å². The maximum absolute atomic E-state index is 3.39. The molecule has 0 aliphatic rings. The summed E-state index contributed by atoms with van der Waals surface area (Å²) >= 11 is 1.72. The van der Waals surface area contributed by atoms with E-state index in [1.54, 1.807) is 11.3 Å². The van der Waals surface area contributed by atoms with E-state index >= 15 is 0 Å². The maximum atomic E-state index is 3.39. The van der Waals surface area contributed by atoms with E-state index in [4.69, 9.17) is 0 Å². The summed E-state index contributed by atoms with van der Waals surface area (Å²) in [6.07, 6.45) is 1.11. The topological polar surface area (TPSA) is 12.0 Å². The van der Waals surface area contributed by atoms with Gasteiger partial charge in [0.05, 0.1) is 0 Å². The molecule has 2 aromatic rings. The second-order valence-corrected chi connectivity index (χ2v) is 4.32. The van der Waals surface area contributed by atoms with E-state index in [-0.39, 0.29) is 0 Å². The third-order valence-electron chi connectivity index (χ3n) is 2.45. The molecular formula is C13H15NS. The first kappa shape index (κ1) is 10.2. The molecule has 2 rings (SSSR count). The lowest BCUT2D eigenvalue weighted by molar-refractivity contribution is 1.11. The Morgan fingerprint density at radius 3 is 2.40 bits per heavy atom. The zero-order chi connectivity index (χ0) is 10.5. The molecule has 0 fully saturated rings. The molecule has 0 aliphatic heterocycles. The molecular weight excluding hydrogens is 202 g/mol. The summed E-state index contributed by atoms with van der Waals surface area (Å²) in [5.41, 5.74) is 3.94. The maximum Gasteiger partial charge on any atom is 0.0451 e. The molecule has 0 aliphatic carbocycles. The molecule has 0 saturated carbocycles. The second-order valence-electron chi connectivity index (χ2n) is 3.54. The lowest BCUT2D eigenvalue weighted by Crippen LogP contribution is -1.97. The van der Waals surface area contributed by atoms with Gasteiger partial charge in [-0.05, 0) is 29.0 Å². The Hall–Kier alpha value is -1.28. The Morgan fingerprint density at radius 1 is 1.07 bits per heavy atom. The van der Waals surface area contributed by atoms with Gasteiger partial charge in [-0.3, -0.25) is 0 Å². The molecule has 0 saturated heterocycles. The minimum atomic E-state index is 0.903. The normalized spacial score (nSPS) is 10.2. The average Bonchev–Trinajstić information content (AvgIpc) is 2.80. The van der Waals surface area contributed by atoms with Gasteiger partial charge in [-0.1, -0.05) is 31.2 Å². The summed E-state index contributed by atoms with van der Waals surface area (Å²) in [5.74, 6) is 0. The highest BCUT2D eigenvalue weighted by Crippen LogP contribution is 2.13. The Labute approximate surface area is 94.8 Å². The molecule has 0 radical (unpaired) electrons. The summed E-state index contributed by atoms with van der Waals surface area (Å²) < 4.78 is 0. The van der Waals surface area contributed by atoms with Gasteiger partial charge in [-0.15, -0.1) is 0 Å². The number of hydrogen-bond acceptors (Lipinski definition) is 2. The van der Waals surface area contributed by atoms with Crippen molar-refractivity contribution in [3.63, 3.8) is 0 Å². The first-order valence-electron chi connectivity index (χ1n) is 5.22. The summed E-state index contributed by atoms with van der Waals surface area (Å²) in [6, 6.07) is 10.9. The monoisotopic (exact) mass is 217 g/mol. The van der Waals surface area contributed by atoms with Gasteiger partial charge in [-0.2, -0.15) is 11.3 Å². The zero-order valence-electron chi connectivity index (χ0n) is 8.86. The highest BCUT2D eigenvalue weighted by molar-refractivity contribution is 7.08. The van der Waals surface area contributed by atoms with Crippen LogP contribution in [0, 0.1) is 0 Å². The van der Waals surface area contributed by atoms with Crippen molar-refractivity contribution >= 4 is 17.0 Å². The molecule has 1 nitrogen and oxygen atoms in total. The van der Waals surface area contributed by atoms with Crippen LogP contribution in [-0.2, 0) is 13.0 Å². The number of aryl methyl sites for hydroxylation is 1. The SMILES string of the molecule is CCc1ccc(CNc2ccsc2)cc1. The molecule has 0 amide bonds. The van der Waals surface area contributed by atoms with Gasteiger partial charge in [0.25, 0.3) is 0 Å². The number of nitrogens with one attached hydrogen (secondary N) is 1. The van der Waals surface area contributed by atoms with Crippen LogP contribution in [0.5, 0.6) is 0 Å². The first-order valence-corrected chi connectivity index (χ1v) is 6.16. The number of anilines is 1. The van der Waals surface area contributed by atoms with E-state index in [2.05, 4.69) is 53.3 Å². The van der Waals surface area contributed by atoms with Crippen LogP contribution in [0.15, 0.2) is 41.1 Å². The average molecular weight is 217 g/mol. The fourth-order valence-electron chi connectivity index (χ4n) is 1.46. The third kappa shape index (κ3) is 2.83. The molecule has 78 valence electrons. The van der Waals surface area contributed by atoms with Crippen LogP contribution in [0.4, 0.5) is 5.69 Å². The lowest BCUT2D eigenvalue weighted by atomic mass is 10.1. The highest BCUT2D eigenvalue weighted by Gasteiger charge is 1.94. The van der Waals surface area contributed by atoms with E-state index < -0.39 is 0 Å². The fraction of sp³-hybridized carbons (Fsp3) is 0.231. The fourth-order valence-corrected chi connectivity index (χ4v) is 2.07. The molecule has 1 heterocycles. The molecule has 1 aromatic carbocycles. The Balaban J connectivity index is 1.93. The molecule has 0 atom stereocenters. The van der Waals surface area contributed by atoms with Crippen molar-refractivity contribution in [2.45, 2.75) is 19.9 Å². The van der Waals surface area contributed by atoms with Gasteiger partial charge in [0, 0.05) is 17.6 Å². The highest BCUT2D eigenvalue weighted by atomic mass is 32.1. The second kappa shape index (κ2) is 4.99. The van der Waals surface area contributed by atoms with Crippen molar-refractivity contribution in [1.29, 1.82) is 0 Å². The number of thiophene rings is 1. The minimum Gasteiger partial charge on any atom is -0.380 e. The van der Waals surface area contributed by atoms with Crippen LogP contribution in [0.1, 0.15) is 18.1 Å². The molecule has 0 bridgehead atoms. The van der Waals surface area contributed by atoms with E-state index in [9.17, 15) is 0 Å². The quantitative estimate of drug-likeness (QED) is 0.818. The molecule has 0 unspecified atom stereocenters. The summed E-state index contributed by atoms with van der Waals surface area (Å²) in [7, 11) is 0. The largest absolute Gasteiger partial charge is 0.380 e. The number of hydrogen-bond donors (Lipinski definition) is 1. The molecule has 15 heavy (non-hydrogen) atoms. The van der Waals surface area contributed by atoms with Crippen LogP contribution >= 0.6 is 11.3 Å². The van der Waals surface area contributed by atoms with Gasteiger partial charge in [0.1, 0.15) is 0 Å². The van der Waals surface area contributed by atoms with E-state index in [1.807, 2.05) is 0 Å².